The molecule has 0 N–H and O–H groups in total. The van der Waals surface area contributed by atoms with Crippen LogP contribution in [-0.4, -0.2) is 48.4 Å². The monoisotopic (exact) mass is 276 g/mol. The van der Waals surface area contributed by atoms with Crippen LogP contribution in [-0.2, 0) is 4.79 Å². The molecule has 3 heteroatoms. The summed E-state index contributed by atoms with van der Waals surface area (Å²) in [5.74, 6) is 1.20. The molecule has 2 heterocycles. The molecule has 3 rings (SSSR count). The number of hydrogen-bond acceptors (Lipinski definition) is 2. The van der Waals surface area contributed by atoms with Crippen molar-refractivity contribution < 1.29 is 4.79 Å². The minimum atomic E-state index is 0.223. The molecular formula is C17H28N2O. The van der Waals surface area contributed by atoms with Gasteiger partial charge >= 0.3 is 0 Å². The van der Waals surface area contributed by atoms with E-state index in [9.17, 15) is 4.79 Å². The predicted octanol–water partition coefficient (Wildman–Crippen LogP) is 2.68. The highest BCUT2D eigenvalue weighted by Gasteiger charge is 2.43. The van der Waals surface area contributed by atoms with Crippen molar-refractivity contribution in [1.29, 1.82) is 0 Å². The van der Waals surface area contributed by atoms with Crippen LogP contribution in [0.1, 0.15) is 46.0 Å². The highest BCUT2D eigenvalue weighted by molar-refractivity contribution is 5.88. The van der Waals surface area contributed by atoms with Crippen molar-refractivity contribution in [1.82, 2.24) is 9.80 Å². The van der Waals surface area contributed by atoms with Crippen molar-refractivity contribution in [2.75, 3.05) is 32.7 Å². The zero-order valence-corrected chi connectivity index (χ0v) is 13.0. The Morgan fingerprint density at radius 2 is 2.00 bits per heavy atom. The first-order valence-corrected chi connectivity index (χ1v) is 8.23. The molecule has 0 radical (unpaired) electrons. The first-order chi connectivity index (χ1) is 9.56. The minimum absolute atomic E-state index is 0.223. The van der Waals surface area contributed by atoms with Crippen LogP contribution in [0.5, 0.6) is 0 Å². The van der Waals surface area contributed by atoms with Gasteiger partial charge in [0.1, 0.15) is 0 Å². The molecular weight excluding hydrogens is 248 g/mol. The van der Waals surface area contributed by atoms with E-state index in [2.05, 4.69) is 9.80 Å². The van der Waals surface area contributed by atoms with E-state index in [0.29, 0.717) is 5.41 Å². The molecule has 1 aliphatic carbocycles. The summed E-state index contributed by atoms with van der Waals surface area (Å²) < 4.78 is 0. The second-order valence-electron chi connectivity index (χ2n) is 7.51. The van der Waals surface area contributed by atoms with Gasteiger partial charge in [-0.1, -0.05) is 5.57 Å². The van der Waals surface area contributed by atoms with Crippen molar-refractivity contribution in [3.8, 4) is 0 Å². The Labute approximate surface area is 123 Å². The van der Waals surface area contributed by atoms with Crippen LogP contribution in [0.25, 0.3) is 0 Å². The molecule has 3 aliphatic rings. The van der Waals surface area contributed by atoms with Gasteiger partial charge in [-0.3, -0.25) is 4.79 Å². The Morgan fingerprint density at radius 1 is 1.20 bits per heavy atom. The summed E-state index contributed by atoms with van der Waals surface area (Å²) >= 11 is 0. The van der Waals surface area contributed by atoms with Crippen molar-refractivity contribution in [2.24, 2.45) is 11.3 Å². The molecule has 0 bridgehead atoms. The van der Waals surface area contributed by atoms with Gasteiger partial charge in [-0.25, -0.2) is 0 Å². The molecule has 0 aromatic rings. The molecule has 1 atom stereocenters. The van der Waals surface area contributed by atoms with Gasteiger partial charge in [-0.2, -0.15) is 0 Å². The second kappa shape index (κ2) is 5.51. The minimum Gasteiger partial charge on any atom is -0.339 e. The maximum absolute atomic E-state index is 12.2. The highest BCUT2D eigenvalue weighted by Crippen LogP contribution is 2.40. The number of allylic oxidation sites excluding steroid dienone is 1. The summed E-state index contributed by atoms with van der Waals surface area (Å²) in [5, 5.41) is 0. The van der Waals surface area contributed by atoms with Crippen molar-refractivity contribution in [3.63, 3.8) is 0 Å². The molecule has 0 aromatic carbocycles. The molecule has 3 fully saturated rings. The SMILES string of the molecule is CC(C)=CC(=O)N1CCC2(CCCN(CC3CC3)C2)C1. The van der Waals surface area contributed by atoms with Crippen LogP contribution in [0.2, 0.25) is 0 Å². The maximum Gasteiger partial charge on any atom is 0.246 e. The number of amides is 1. The summed E-state index contributed by atoms with van der Waals surface area (Å²) in [4.78, 5) is 16.9. The predicted molar refractivity (Wildman–Crippen MR) is 81.5 cm³/mol. The summed E-state index contributed by atoms with van der Waals surface area (Å²) in [6.07, 6.45) is 8.51. The molecule has 1 saturated carbocycles. The number of nitrogens with zero attached hydrogens (tertiary/aromatic N) is 2. The lowest BCUT2D eigenvalue weighted by Crippen LogP contribution is -2.45. The van der Waals surface area contributed by atoms with Gasteiger partial charge in [0.15, 0.2) is 0 Å². The highest BCUT2D eigenvalue weighted by atomic mass is 16.2. The largest absolute Gasteiger partial charge is 0.339 e. The van der Waals surface area contributed by atoms with Gasteiger partial charge in [-0.15, -0.1) is 0 Å². The van der Waals surface area contributed by atoms with Crippen LogP contribution in [0.4, 0.5) is 0 Å². The molecule has 1 unspecified atom stereocenters. The van der Waals surface area contributed by atoms with Crippen LogP contribution >= 0.6 is 0 Å². The lowest BCUT2D eigenvalue weighted by molar-refractivity contribution is -0.125. The number of carbonyl (C=O) groups is 1. The average molecular weight is 276 g/mol. The fourth-order valence-corrected chi connectivity index (χ4v) is 3.93. The van der Waals surface area contributed by atoms with Gasteiger partial charge in [0.05, 0.1) is 0 Å². The second-order valence-corrected chi connectivity index (χ2v) is 7.51. The number of piperidine rings is 1. The molecule has 20 heavy (non-hydrogen) atoms. The Kier molecular flexibility index (Phi) is 3.89. The van der Waals surface area contributed by atoms with Crippen molar-refractivity contribution >= 4 is 5.91 Å². The lowest BCUT2D eigenvalue weighted by Gasteiger charge is -2.40. The molecule has 3 nitrogen and oxygen atoms in total. The van der Waals surface area contributed by atoms with Gasteiger partial charge in [0.2, 0.25) is 5.91 Å². The summed E-state index contributed by atoms with van der Waals surface area (Å²) in [7, 11) is 0. The van der Waals surface area contributed by atoms with Crippen LogP contribution in [0, 0.1) is 11.3 Å². The molecule has 2 aliphatic heterocycles. The zero-order valence-electron chi connectivity index (χ0n) is 13.0. The normalized spacial score (nSPS) is 30.8. The molecule has 1 amide bonds. The van der Waals surface area contributed by atoms with Crippen LogP contribution < -0.4 is 0 Å². The third kappa shape index (κ3) is 3.25. The standard InChI is InChI=1S/C17H28N2O/c1-14(2)10-16(20)19-9-7-17(13-19)6-3-8-18(12-17)11-15-4-5-15/h10,15H,3-9,11-13H2,1-2H3. The van der Waals surface area contributed by atoms with Crippen LogP contribution in [0.15, 0.2) is 11.6 Å². The van der Waals surface area contributed by atoms with Crippen molar-refractivity contribution in [2.45, 2.75) is 46.0 Å². The molecule has 112 valence electrons. The van der Waals surface area contributed by atoms with E-state index in [0.717, 1.165) is 24.6 Å². The zero-order chi connectivity index (χ0) is 14.2. The Balaban J connectivity index is 1.59. The first kappa shape index (κ1) is 14.1. The average Bonchev–Trinajstić information content (AvgIpc) is 3.09. The topological polar surface area (TPSA) is 23.6 Å². The molecule has 0 aromatic heterocycles. The van der Waals surface area contributed by atoms with E-state index in [4.69, 9.17) is 0 Å². The number of hydrogen-bond donors (Lipinski definition) is 0. The van der Waals surface area contributed by atoms with E-state index in [1.165, 1.54) is 51.7 Å². The van der Waals surface area contributed by atoms with E-state index in [-0.39, 0.29) is 5.91 Å². The smallest absolute Gasteiger partial charge is 0.246 e. The van der Waals surface area contributed by atoms with E-state index < -0.39 is 0 Å². The number of carbonyl (C=O) groups excluding carboxylic acids is 1. The fraction of sp³-hybridized carbons (Fsp3) is 0.824. The number of rotatable bonds is 3. The molecule has 2 saturated heterocycles. The van der Waals surface area contributed by atoms with Crippen molar-refractivity contribution in [3.05, 3.63) is 11.6 Å². The summed E-state index contributed by atoms with van der Waals surface area (Å²) in [6, 6.07) is 0. The van der Waals surface area contributed by atoms with Gasteiger partial charge < -0.3 is 9.80 Å². The van der Waals surface area contributed by atoms with Crippen LogP contribution in [0.3, 0.4) is 0 Å². The third-order valence-corrected chi connectivity index (χ3v) is 5.12. The maximum atomic E-state index is 12.2. The van der Waals surface area contributed by atoms with Gasteiger partial charge in [0.25, 0.3) is 0 Å². The van der Waals surface area contributed by atoms with E-state index in [1.807, 2.05) is 13.8 Å². The quantitative estimate of drug-likeness (QED) is 0.740. The Hall–Kier alpha value is -0.830. The first-order valence-electron chi connectivity index (χ1n) is 8.23. The third-order valence-electron chi connectivity index (χ3n) is 5.12. The fourth-order valence-electron chi connectivity index (χ4n) is 3.93. The van der Waals surface area contributed by atoms with Gasteiger partial charge in [-0.05, 0) is 58.4 Å². The van der Waals surface area contributed by atoms with E-state index >= 15 is 0 Å². The Bertz CT molecular complexity index is 409. The Morgan fingerprint density at radius 3 is 2.70 bits per heavy atom. The summed E-state index contributed by atoms with van der Waals surface area (Å²) in [6.45, 7) is 9.76. The number of likely N-dealkylation sites (tertiary alicyclic amines) is 2. The summed E-state index contributed by atoms with van der Waals surface area (Å²) in [5.41, 5.74) is 1.51. The van der Waals surface area contributed by atoms with E-state index in [1.54, 1.807) is 6.08 Å². The van der Waals surface area contributed by atoms with Gasteiger partial charge in [0, 0.05) is 37.7 Å². The molecule has 1 spiro atoms. The lowest BCUT2D eigenvalue weighted by atomic mass is 9.79.